The van der Waals surface area contributed by atoms with Gasteiger partial charge < -0.3 is 24.6 Å². The molecule has 0 radical (unpaired) electrons. The number of methoxy groups -OCH3 is 1. The number of fused-ring (bicyclic) bond motifs is 2. The molecular weight excluding hydrogens is 438 g/mol. The lowest BCUT2D eigenvalue weighted by Gasteiger charge is -2.36. The summed E-state index contributed by atoms with van der Waals surface area (Å²) in [5.74, 6) is 0.661. The van der Waals surface area contributed by atoms with Crippen molar-refractivity contribution in [3.63, 3.8) is 0 Å². The third-order valence-electron chi connectivity index (χ3n) is 8.08. The van der Waals surface area contributed by atoms with Crippen molar-refractivity contribution >= 4 is 16.7 Å². The molecule has 5 rings (SSSR count). The van der Waals surface area contributed by atoms with Gasteiger partial charge in [0.1, 0.15) is 5.52 Å². The van der Waals surface area contributed by atoms with Crippen LogP contribution in [0.2, 0.25) is 0 Å². The SMILES string of the molecule is COc1nc2c(NC3CCN(C(C)C)CC3)c3c(nc2cc1COCCN1CCCC1)CCCC3. The largest absolute Gasteiger partial charge is 0.481 e. The third kappa shape index (κ3) is 5.73. The van der Waals surface area contributed by atoms with Gasteiger partial charge in [-0.2, -0.15) is 0 Å². The molecule has 0 bridgehead atoms. The number of ether oxygens (including phenoxy) is 2. The van der Waals surface area contributed by atoms with Crippen molar-refractivity contribution in [3.05, 3.63) is 22.9 Å². The zero-order valence-corrected chi connectivity index (χ0v) is 21.9. The van der Waals surface area contributed by atoms with Crippen LogP contribution in [-0.4, -0.2) is 78.3 Å². The summed E-state index contributed by atoms with van der Waals surface area (Å²) in [5, 5.41) is 3.94. The lowest BCUT2D eigenvalue weighted by atomic mass is 9.92. The Bertz CT molecular complexity index is 997. The zero-order valence-electron chi connectivity index (χ0n) is 21.9. The van der Waals surface area contributed by atoms with Crippen LogP contribution in [0.3, 0.4) is 0 Å². The summed E-state index contributed by atoms with van der Waals surface area (Å²) in [4.78, 5) is 15.2. The van der Waals surface area contributed by atoms with Crippen LogP contribution in [0, 0.1) is 0 Å². The fourth-order valence-corrected chi connectivity index (χ4v) is 5.95. The highest BCUT2D eigenvalue weighted by Gasteiger charge is 2.26. The smallest absolute Gasteiger partial charge is 0.219 e. The fourth-order valence-electron chi connectivity index (χ4n) is 5.95. The van der Waals surface area contributed by atoms with Crippen LogP contribution in [-0.2, 0) is 24.2 Å². The van der Waals surface area contributed by atoms with Crippen LogP contribution in [0.15, 0.2) is 6.07 Å². The van der Waals surface area contributed by atoms with Crippen LogP contribution in [0.4, 0.5) is 5.69 Å². The van der Waals surface area contributed by atoms with Crippen molar-refractivity contribution in [3.8, 4) is 5.88 Å². The Morgan fingerprint density at radius 3 is 2.54 bits per heavy atom. The normalized spacial score (nSPS) is 20.0. The number of piperidine rings is 1. The van der Waals surface area contributed by atoms with E-state index in [9.17, 15) is 0 Å². The molecule has 1 N–H and O–H groups in total. The summed E-state index contributed by atoms with van der Waals surface area (Å²) in [5.41, 5.74) is 6.73. The van der Waals surface area contributed by atoms with E-state index < -0.39 is 0 Å². The van der Waals surface area contributed by atoms with Crippen LogP contribution in [0.25, 0.3) is 11.0 Å². The number of hydrogen-bond acceptors (Lipinski definition) is 7. The lowest BCUT2D eigenvalue weighted by molar-refractivity contribution is 0.0975. The summed E-state index contributed by atoms with van der Waals surface area (Å²) >= 11 is 0. The van der Waals surface area contributed by atoms with E-state index in [4.69, 9.17) is 19.4 Å². The number of rotatable bonds is 9. The van der Waals surface area contributed by atoms with Gasteiger partial charge in [0.2, 0.25) is 5.88 Å². The van der Waals surface area contributed by atoms with Crippen LogP contribution in [0.5, 0.6) is 5.88 Å². The van der Waals surface area contributed by atoms with Gasteiger partial charge in [-0.05, 0) is 89.9 Å². The molecule has 0 amide bonds. The molecule has 35 heavy (non-hydrogen) atoms. The molecule has 0 unspecified atom stereocenters. The number of nitrogens with one attached hydrogen (secondary N) is 1. The maximum absolute atomic E-state index is 6.06. The summed E-state index contributed by atoms with van der Waals surface area (Å²) in [7, 11) is 1.71. The number of hydrogen-bond donors (Lipinski definition) is 1. The molecule has 7 nitrogen and oxygen atoms in total. The molecule has 1 aliphatic carbocycles. The van der Waals surface area contributed by atoms with Crippen LogP contribution >= 0.6 is 0 Å². The summed E-state index contributed by atoms with van der Waals surface area (Å²) < 4.78 is 11.8. The van der Waals surface area contributed by atoms with E-state index in [2.05, 4.69) is 35.0 Å². The van der Waals surface area contributed by atoms with Crippen molar-refractivity contribution in [1.82, 2.24) is 19.8 Å². The van der Waals surface area contributed by atoms with Crippen molar-refractivity contribution in [1.29, 1.82) is 0 Å². The molecule has 2 saturated heterocycles. The molecule has 0 aromatic carbocycles. The third-order valence-corrected chi connectivity index (χ3v) is 8.08. The summed E-state index contributed by atoms with van der Waals surface area (Å²) in [6, 6.07) is 3.24. The predicted molar refractivity (Wildman–Crippen MR) is 141 cm³/mol. The highest BCUT2D eigenvalue weighted by Crippen LogP contribution is 2.36. The molecule has 0 saturated carbocycles. The Morgan fingerprint density at radius 2 is 1.80 bits per heavy atom. The second-order valence-corrected chi connectivity index (χ2v) is 10.8. The lowest BCUT2D eigenvalue weighted by Crippen LogP contribution is -2.42. The van der Waals surface area contributed by atoms with Gasteiger partial charge in [-0.25, -0.2) is 4.98 Å². The second-order valence-electron chi connectivity index (χ2n) is 10.8. The molecular formula is C28H43N5O2. The topological polar surface area (TPSA) is 62.8 Å². The van der Waals surface area contributed by atoms with Crippen molar-refractivity contribution in [2.24, 2.45) is 0 Å². The zero-order chi connectivity index (χ0) is 24.2. The minimum absolute atomic E-state index is 0.475. The summed E-state index contributed by atoms with van der Waals surface area (Å²) in [6.07, 6.45) is 9.52. The number of anilines is 1. The fraction of sp³-hybridized carbons (Fsp3) is 0.714. The van der Waals surface area contributed by atoms with E-state index >= 15 is 0 Å². The standard InChI is InChI=1S/C28H43N5O2/c1-20(2)33-14-10-22(11-15-33)29-26-23-8-4-5-9-24(23)30-25-18-21(28(34-3)31-27(25)26)19-35-17-16-32-12-6-7-13-32/h18,20,22H,4-17,19H2,1-3H3,(H,29,30). The molecule has 0 spiro atoms. The van der Waals surface area contributed by atoms with Crippen molar-refractivity contribution in [2.45, 2.75) is 83.9 Å². The number of likely N-dealkylation sites (tertiary alicyclic amines) is 2. The number of nitrogens with zero attached hydrogens (tertiary/aromatic N) is 4. The second kappa shape index (κ2) is 11.4. The predicted octanol–water partition coefficient (Wildman–Crippen LogP) is 4.41. The molecule has 2 aromatic heterocycles. The maximum atomic E-state index is 6.06. The van der Waals surface area contributed by atoms with Gasteiger partial charge in [-0.15, -0.1) is 0 Å². The molecule has 3 aliphatic rings. The van der Waals surface area contributed by atoms with E-state index in [1.54, 1.807) is 7.11 Å². The molecule has 7 heteroatoms. The monoisotopic (exact) mass is 481 g/mol. The first kappa shape index (κ1) is 24.7. The minimum Gasteiger partial charge on any atom is -0.481 e. The van der Waals surface area contributed by atoms with Gasteiger partial charge in [0.05, 0.1) is 31.5 Å². The highest BCUT2D eigenvalue weighted by atomic mass is 16.5. The highest BCUT2D eigenvalue weighted by molar-refractivity contribution is 5.91. The number of aromatic nitrogens is 2. The van der Waals surface area contributed by atoms with Gasteiger partial charge in [-0.3, -0.25) is 4.98 Å². The average Bonchev–Trinajstić information content (AvgIpc) is 3.40. The Balaban J connectivity index is 1.37. The summed E-state index contributed by atoms with van der Waals surface area (Å²) in [6.45, 7) is 11.5. The Labute approximate surface area is 210 Å². The first-order valence-corrected chi connectivity index (χ1v) is 13.8. The molecule has 2 aromatic rings. The van der Waals surface area contributed by atoms with Crippen LogP contribution < -0.4 is 10.1 Å². The Morgan fingerprint density at radius 1 is 1.03 bits per heavy atom. The Hall–Kier alpha value is -1.96. The van der Waals surface area contributed by atoms with Gasteiger partial charge in [0.15, 0.2) is 0 Å². The number of aryl methyl sites for hydroxylation is 1. The quantitative estimate of drug-likeness (QED) is 0.532. The maximum Gasteiger partial charge on any atom is 0.219 e. The molecule has 192 valence electrons. The van der Waals surface area contributed by atoms with E-state index in [0.717, 1.165) is 68.5 Å². The molecule has 0 atom stereocenters. The Kier molecular flexibility index (Phi) is 8.05. The van der Waals surface area contributed by atoms with Crippen molar-refractivity contribution in [2.75, 3.05) is 51.8 Å². The van der Waals surface area contributed by atoms with Gasteiger partial charge >= 0.3 is 0 Å². The van der Waals surface area contributed by atoms with Crippen LogP contribution in [0.1, 0.15) is 69.2 Å². The van der Waals surface area contributed by atoms with E-state index in [1.165, 1.54) is 55.7 Å². The van der Waals surface area contributed by atoms with Gasteiger partial charge in [0.25, 0.3) is 0 Å². The molecule has 2 fully saturated rings. The van der Waals surface area contributed by atoms with E-state index in [-0.39, 0.29) is 0 Å². The first-order chi connectivity index (χ1) is 17.1. The van der Waals surface area contributed by atoms with Gasteiger partial charge in [0, 0.05) is 43.0 Å². The molecule has 4 heterocycles. The van der Waals surface area contributed by atoms with E-state index in [1.807, 2.05) is 0 Å². The van der Waals surface area contributed by atoms with Crippen molar-refractivity contribution < 1.29 is 9.47 Å². The minimum atomic E-state index is 0.475. The van der Waals surface area contributed by atoms with Gasteiger partial charge in [-0.1, -0.05) is 0 Å². The first-order valence-electron chi connectivity index (χ1n) is 13.8. The number of pyridine rings is 2. The van der Waals surface area contributed by atoms with E-state index in [0.29, 0.717) is 24.6 Å². The molecule has 2 aliphatic heterocycles. The average molecular weight is 482 g/mol.